The van der Waals surface area contributed by atoms with E-state index in [0.717, 1.165) is 24.9 Å². The van der Waals surface area contributed by atoms with Crippen LogP contribution in [0.4, 0.5) is 0 Å². The van der Waals surface area contributed by atoms with E-state index in [4.69, 9.17) is 22.5 Å². The summed E-state index contributed by atoms with van der Waals surface area (Å²) < 4.78 is 0. The van der Waals surface area contributed by atoms with E-state index in [2.05, 4.69) is 24.3 Å². The first kappa shape index (κ1) is 14.8. The summed E-state index contributed by atoms with van der Waals surface area (Å²) in [5, 5.41) is 15.6. The van der Waals surface area contributed by atoms with Crippen molar-refractivity contribution in [2.45, 2.75) is 39.3 Å². The van der Waals surface area contributed by atoms with Gasteiger partial charge < -0.3 is 16.3 Å². The van der Waals surface area contributed by atoms with Crippen LogP contribution in [0.3, 0.4) is 0 Å². The molecule has 0 aliphatic rings. The summed E-state index contributed by atoms with van der Waals surface area (Å²) in [5.41, 5.74) is 7.14. The molecular weight excluding hydrogens is 250 g/mol. The van der Waals surface area contributed by atoms with E-state index in [1.807, 2.05) is 6.07 Å². The van der Waals surface area contributed by atoms with Gasteiger partial charge in [0.15, 0.2) is 5.84 Å². The molecule has 4 N–H and O–H groups in total. The lowest BCUT2D eigenvalue weighted by Gasteiger charge is -2.15. The number of nitrogens with zero attached hydrogens (tertiary/aromatic N) is 1. The molecule has 0 unspecified atom stereocenters. The van der Waals surface area contributed by atoms with Gasteiger partial charge in [0.05, 0.1) is 0 Å². The molecule has 18 heavy (non-hydrogen) atoms. The van der Waals surface area contributed by atoms with Gasteiger partial charge in [0, 0.05) is 23.2 Å². The van der Waals surface area contributed by atoms with Crippen LogP contribution in [0, 0.1) is 0 Å². The summed E-state index contributed by atoms with van der Waals surface area (Å²) >= 11 is 6.17. The van der Waals surface area contributed by atoms with Crippen molar-refractivity contribution in [3.8, 4) is 0 Å². The molecule has 0 saturated carbocycles. The Kier molecular flexibility index (Phi) is 5.95. The van der Waals surface area contributed by atoms with Crippen LogP contribution in [-0.4, -0.2) is 17.1 Å². The number of nitrogens with one attached hydrogen (secondary N) is 1. The zero-order valence-corrected chi connectivity index (χ0v) is 11.5. The molecule has 1 rings (SSSR count). The van der Waals surface area contributed by atoms with Crippen molar-refractivity contribution in [1.29, 1.82) is 0 Å². The monoisotopic (exact) mass is 269 g/mol. The summed E-state index contributed by atoms with van der Waals surface area (Å²) in [4.78, 5) is 0. The first-order chi connectivity index (χ1) is 8.62. The van der Waals surface area contributed by atoms with E-state index in [1.165, 1.54) is 0 Å². The Labute approximate surface area is 113 Å². The fourth-order valence-corrected chi connectivity index (χ4v) is 1.99. The van der Waals surface area contributed by atoms with E-state index in [0.29, 0.717) is 16.6 Å². The van der Waals surface area contributed by atoms with E-state index < -0.39 is 0 Å². The van der Waals surface area contributed by atoms with Gasteiger partial charge in [0.2, 0.25) is 0 Å². The van der Waals surface area contributed by atoms with Gasteiger partial charge in [-0.15, -0.1) is 0 Å². The second kappa shape index (κ2) is 7.24. The highest BCUT2D eigenvalue weighted by Gasteiger charge is 2.07. The minimum Gasteiger partial charge on any atom is -0.409 e. The van der Waals surface area contributed by atoms with E-state index in [-0.39, 0.29) is 5.84 Å². The smallest absolute Gasteiger partial charge is 0.170 e. The lowest BCUT2D eigenvalue weighted by molar-refractivity contribution is 0.318. The Bertz CT molecular complexity index is 417. The predicted molar refractivity (Wildman–Crippen MR) is 75.2 cm³/mol. The molecule has 0 bridgehead atoms. The number of oxime groups is 1. The maximum absolute atomic E-state index is 8.60. The van der Waals surface area contributed by atoms with Crippen molar-refractivity contribution in [3.05, 3.63) is 34.3 Å². The summed E-state index contributed by atoms with van der Waals surface area (Å²) in [6.07, 6.45) is 2.19. The minimum absolute atomic E-state index is 0.0661. The van der Waals surface area contributed by atoms with Gasteiger partial charge in [-0.2, -0.15) is 0 Å². The Morgan fingerprint density at radius 2 is 2.11 bits per heavy atom. The molecule has 0 aliphatic heterocycles. The molecule has 1 aromatic rings. The Balaban J connectivity index is 2.74. The standard InChI is InChI=1S/C13H20ClN3O/c1-3-11(4-2)16-8-10-6-5-9(7-12(10)14)13(15)17-18/h5-7,11,16,18H,3-4,8H2,1-2H3,(H2,15,17). The fourth-order valence-electron chi connectivity index (χ4n) is 1.74. The number of hydrogen-bond acceptors (Lipinski definition) is 3. The number of rotatable bonds is 6. The predicted octanol–water partition coefficient (Wildman–Crippen LogP) is 2.71. The highest BCUT2D eigenvalue weighted by atomic mass is 35.5. The van der Waals surface area contributed by atoms with Crippen molar-refractivity contribution >= 4 is 17.4 Å². The summed E-state index contributed by atoms with van der Waals surface area (Å²) in [6.45, 7) is 5.04. The minimum atomic E-state index is 0.0661. The Morgan fingerprint density at radius 3 is 2.61 bits per heavy atom. The Hall–Kier alpha value is -1.26. The van der Waals surface area contributed by atoms with Crippen LogP contribution in [0.5, 0.6) is 0 Å². The van der Waals surface area contributed by atoms with Gasteiger partial charge in [-0.25, -0.2) is 0 Å². The van der Waals surface area contributed by atoms with Gasteiger partial charge in [-0.3, -0.25) is 0 Å². The average molecular weight is 270 g/mol. The highest BCUT2D eigenvalue weighted by Crippen LogP contribution is 2.18. The third-order valence-corrected chi connectivity index (χ3v) is 3.38. The molecule has 0 atom stereocenters. The molecule has 5 heteroatoms. The molecule has 0 radical (unpaired) electrons. The lowest BCUT2D eigenvalue weighted by atomic mass is 10.1. The van der Waals surface area contributed by atoms with Crippen LogP contribution in [-0.2, 0) is 6.54 Å². The fraction of sp³-hybridized carbons (Fsp3) is 0.462. The third kappa shape index (κ3) is 3.89. The van der Waals surface area contributed by atoms with Crippen molar-refractivity contribution in [2.24, 2.45) is 10.9 Å². The van der Waals surface area contributed by atoms with E-state index in [9.17, 15) is 0 Å². The molecule has 0 spiro atoms. The number of hydrogen-bond donors (Lipinski definition) is 3. The molecule has 1 aromatic carbocycles. The van der Waals surface area contributed by atoms with Gasteiger partial charge in [-0.1, -0.05) is 42.7 Å². The summed E-state index contributed by atoms with van der Waals surface area (Å²) in [6, 6.07) is 5.90. The maximum atomic E-state index is 8.60. The van der Waals surface area contributed by atoms with Gasteiger partial charge in [-0.05, 0) is 24.5 Å². The molecule has 0 saturated heterocycles. The third-order valence-electron chi connectivity index (χ3n) is 3.02. The maximum Gasteiger partial charge on any atom is 0.170 e. The van der Waals surface area contributed by atoms with Crippen molar-refractivity contribution in [3.63, 3.8) is 0 Å². The largest absolute Gasteiger partial charge is 0.409 e. The first-order valence-electron chi connectivity index (χ1n) is 6.12. The molecule has 4 nitrogen and oxygen atoms in total. The van der Waals surface area contributed by atoms with E-state index >= 15 is 0 Å². The van der Waals surface area contributed by atoms with Crippen LogP contribution in [0.2, 0.25) is 5.02 Å². The summed E-state index contributed by atoms with van der Waals surface area (Å²) in [7, 11) is 0. The number of nitrogens with two attached hydrogens (primary N) is 1. The highest BCUT2D eigenvalue weighted by molar-refractivity contribution is 6.31. The molecule has 0 heterocycles. The number of halogens is 1. The average Bonchev–Trinajstić information content (AvgIpc) is 2.40. The topological polar surface area (TPSA) is 70.6 Å². The summed E-state index contributed by atoms with van der Waals surface area (Å²) in [5.74, 6) is 0.0661. The van der Waals surface area contributed by atoms with Crippen LogP contribution < -0.4 is 11.1 Å². The van der Waals surface area contributed by atoms with Gasteiger partial charge in [0.1, 0.15) is 0 Å². The van der Waals surface area contributed by atoms with Crippen molar-refractivity contribution < 1.29 is 5.21 Å². The van der Waals surface area contributed by atoms with E-state index in [1.54, 1.807) is 12.1 Å². The zero-order chi connectivity index (χ0) is 13.5. The molecule has 0 fully saturated rings. The number of benzene rings is 1. The SMILES string of the molecule is CCC(CC)NCc1ccc(/C(N)=N/O)cc1Cl. The van der Waals surface area contributed by atoms with Gasteiger partial charge in [0.25, 0.3) is 0 Å². The first-order valence-corrected chi connectivity index (χ1v) is 6.49. The second-order valence-corrected chi connectivity index (χ2v) is 4.59. The second-order valence-electron chi connectivity index (χ2n) is 4.19. The van der Waals surface area contributed by atoms with Crippen LogP contribution in [0.25, 0.3) is 0 Å². The molecule has 0 amide bonds. The molecular formula is C13H20ClN3O. The lowest BCUT2D eigenvalue weighted by Crippen LogP contribution is -2.27. The quantitative estimate of drug-likeness (QED) is 0.322. The van der Waals surface area contributed by atoms with Crippen molar-refractivity contribution in [1.82, 2.24) is 5.32 Å². The van der Waals surface area contributed by atoms with Crippen LogP contribution >= 0.6 is 11.6 Å². The van der Waals surface area contributed by atoms with Gasteiger partial charge >= 0.3 is 0 Å². The van der Waals surface area contributed by atoms with Crippen LogP contribution in [0.15, 0.2) is 23.4 Å². The van der Waals surface area contributed by atoms with Crippen molar-refractivity contribution in [2.75, 3.05) is 0 Å². The molecule has 0 aliphatic carbocycles. The molecule has 0 aromatic heterocycles. The Morgan fingerprint density at radius 1 is 1.44 bits per heavy atom. The zero-order valence-electron chi connectivity index (χ0n) is 10.8. The molecule has 100 valence electrons. The normalized spacial score (nSPS) is 12.1. The number of amidine groups is 1. The van der Waals surface area contributed by atoms with Crippen LogP contribution in [0.1, 0.15) is 37.8 Å².